The Hall–Kier alpha value is -1.49. The summed E-state index contributed by atoms with van der Waals surface area (Å²) < 4.78 is 32.2. The van der Waals surface area contributed by atoms with Crippen molar-refractivity contribution in [1.82, 2.24) is 5.32 Å². The molecule has 1 aromatic rings. The number of hydrogen-bond donors (Lipinski definition) is 1. The summed E-state index contributed by atoms with van der Waals surface area (Å²) in [6.07, 6.45) is 0.728. The minimum atomic E-state index is -0.691. The second kappa shape index (κ2) is 6.30. The Balaban J connectivity index is 3.13. The van der Waals surface area contributed by atoms with Gasteiger partial charge < -0.3 is 14.8 Å². The minimum absolute atomic E-state index is 0.0704. The van der Waals surface area contributed by atoms with Gasteiger partial charge in [-0.2, -0.15) is 0 Å². The van der Waals surface area contributed by atoms with Crippen LogP contribution in [0.5, 0.6) is 5.75 Å². The molecule has 5 heteroatoms. The van der Waals surface area contributed by atoms with Crippen LogP contribution in [0, 0.1) is 11.6 Å². The van der Waals surface area contributed by atoms with Crippen LogP contribution in [0.4, 0.5) is 8.78 Å². The van der Waals surface area contributed by atoms with Crippen LogP contribution < -0.4 is 10.1 Å². The standard InChI is InChI=1S/C12H15F2NO2/c1-15-7-8(3-4-16)12-10(13)5-9(17-2)6-11(12)14/h4-6,8,15H,3,7H2,1-2H3. The molecule has 1 N–H and O–H groups in total. The maximum absolute atomic E-state index is 13.7. The molecule has 0 heterocycles. The topological polar surface area (TPSA) is 38.3 Å². The molecule has 0 aliphatic heterocycles. The number of nitrogens with one attached hydrogen (secondary N) is 1. The summed E-state index contributed by atoms with van der Waals surface area (Å²) in [6, 6.07) is 2.23. The monoisotopic (exact) mass is 243 g/mol. The van der Waals surface area contributed by atoms with Gasteiger partial charge >= 0.3 is 0 Å². The van der Waals surface area contributed by atoms with E-state index < -0.39 is 17.6 Å². The molecular weight excluding hydrogens is 228 g/mol. The maximum atomic E-state index is 13.7. The van der Waals surface area contributed by atoms with Crippen molar-refractivity contribution in [3.63, 3.8) is 0 Å². The fourth-order valence-corrected chi connectivity index (χ4v) is 1.73. The number of aldehydes is 1. The first kappa shape index (κ1) is 13.6. The van der Waals surface area contributed by atoms with Gasteiger partial charge in [0.2, 0.25) is 0 Å². The lowest BCUT2D eigenvalue weighted by atomic mass is 9.95. The Morgan fingerprint density at radius 2 is 2.00 bits per heavy atom. The largest absolute Gasteiger partial charge is 0.497 e. The predicted octanol–water partition coefficient (Wildman–Crippen LogP) is 1.87. The number of methoxy groups -OCH3 is 1. The Morgan fingerprint density at radius 1 is 1.41 bits per heavy atom. The zero-order valence-electron chi connectivity index (χ0n) is 9.80. The van der Waals surface area contributed by atoms with E-state index in [1.54, 1.807) is 7.05 Å². The van der Waals surface area contributed by atoms with E-state index in [1.165, 1.54) is 7.11 Å². The number of likely N-dealkylation sites (N-methyl/N-ethyl adjacent to an activating group) is 1. The number of ether oxygens (including phenoxy) is 1. The smallest absolute Gasteiger partial charge is 0.133 e. The van der Waals surface area contributed by atoms with Crippen LogP contribution in [-0.2, 0) is 4.79 Å². The highest BCUT2D eigenvalue weighted by Gasteiger charge is 2.20. The van der Waals surface area contributed by atoms with Gasteiger partial charge in [-0.25, -0.2) is 8.78 Å². The van der Waals surface area contributed by atoms with Crippen molar-refractivity contribution in [2.24, 2.45) is 0 Å². The van der Waals surface area contributed by atoms with Crippen molar-refractivity contribution in [2.45, 2.75) is 12.3 Å². The van der Waals surface area contributed by atoms with Crippen LogP contribution in [-0.4, -0.2) is 27.0 Å². The van der Waals surface area contributed by atoms with Gasteiger partial charge in [-0.1, -0.05) is 0 Å². The fraction of sp³-hybridized carbons (Fsp3) is 0.417. The molecule has 1 rings (SSSR count). The van der Waals surface area contributed by atoms with Crippen molar-refractivity contribution < 1.29 is 18.3 Å². The highest BCUT2D eigenvalue weighted by atomic mass is 19.1. The molecule has 0 amide bonds. The number of benzene rings is 1. The van der Waals surface area contributed by atoms with Crippen molar-refractivity contribution in [3.05, 3.63) is 29.3 Å². The normalized spacial score (nSPS) is 12.2. The lowest BCUT2D eigenvalue weighted by molar-refractivity contribution is -0.108. The first-order valence-electron chi connectivity index (χ1n) is 5.25. The van der Waals surface area contributed by atoms with Crippen molar-refractivity contribution >= 4 is 6.29 Å². The van der Waals surface area contributed by atoms with Crippen molar-refractivity contribution in [2.75, 3.05) is 20.7 Å². The number of rotatable bonds is 6. The number of carbonyl (C=O) groups excluding carboxylic acids is 1. The second-order valence-electron chi connectivity index (χ2n) is 3.66. The van der Waals surface area contributed by atoms with Gasteiger partial charge in [0, 0.05) is 36.6 Å². The molecule has 0 bridgehead atoms. The third-order valence-electron chi connectivity index (χ3n) is 2.53. The van der Waals surface area contributed by atoms with Gasteiger partial charge in [0.05, 0.1) is 7.11 Å². The summed E-state index contributed by atoms with van der Waals surface area (Å²) in [5.74, 6) is -1.77. The van der Waals surface area contributed by atoms with Crippen LogP contribution in [0.1, 0.15) is 17.9 Å². The molecule has 0 aromatic heterocycles. The zero-order chi connectivity index (χ0) is 12.8. The molecule has 1 aromatic carbocycles. The van der Waals surface area contributed by atoms with E-state index in [0.717, 1.165) is 12.1 Å². The Labute approximate surface area is 98.8 Å². The van der Waals surface area contributed by atoms with Crippen LogP contribution in [0.15, 0.2) is 12.1 Å². The van der Waals surface area contributed by atoms with E-state index in [4.69, 9.17) is 4.74 Å². The van der Waals surface area contributed by atoms with Crippen LogP contribution in [0.2, 0.25) is 0 Å². The van der Waals surface area contributed by atoms with Crippen molar-refractivity contribution in [1.29, 1.82) is 0 Å². The minimum Gasteiger partial charge on any atom is -0.497 e. The SMILES string of the molecule is CNCC(CC=O)c1c(F)cc(OC)cc1F. The Morgan fingerprint density at radius 3 is 2.41 bits per heavy atom. The summed E-state index contributed by atoms with van der Waals surface area (Å²) in [4.78, 5) is 10.5. The molecule has 0 fully saturated rings. The molecule has 0 spiro atoms. The van der Waals surface area contributed by atoms with Gasteiger partial charge in [0.15, 0.2) is 0 Å². The molecule has 1 atom stereocenters. The fourth-order valence-electron chi connectivity index (χ4n) is 1.73. The van der Waals surface area contributed by atoms with E-state index in [1.807, 2.05) is 0 Å². The zero-order valence-corrected chi connectivity index (χ0v) is 9.80. The van der Waals surface area contributed by atoms with E-state index in [-0.39, 0.29) is 17.7 Å². The highest BCUT2D eigenvalue weighted by molar-refractivity contribution is 5.52. The van der Waals surface area contributed by atoms with Gasteiger partial charge in [-0.3, -0.25) is 0 Å². The van der Waals surface area contributed by atoms with Crippen molar-refractivity contribution in [3.8, 4) is 5.75 Å². The summed E-state index contributed by atoms with van der Waals surface area (Å²) in [5, 5.41) is 2.81. The number of hydrogen-bond acceptors (Lipinski definition) is 3. The Kier molecular flexibility index (Phi) is 5.03. The van der Waals surface area contributed by atoms with E-state index in [2.05, 4.69) is 5.32 Å². The van der Waals surface area contributed by atoms with Crippen LogP contribution in [0.25, 0.3) is 0 Å². The third kappa shape index (κ3) is 3.23. The maximum Gasteiger partial charge on any atom is 0.133 e. The number of carbonyl (C=O) groups is 1. The van der Waals surface area contributed by atoms with E-state index in [9.17, 15) is 13.6 Å². The second-order valence-corrected chi connectivity index (χ2v) is 3.66. The average molecular weight is 243 g/mol. The van der Waals surface area contributed by atoms with E-state index >= 15 is 0 Å². The quantitative estimate of drug-likeness (QED) is 0.775. The number of halogens is 2. The highest BCUT2D eigenvalue weighted by Crippen LogP contribution is 2.28. The van der Waals surface area contributed by atoms with Gasteiger partial charge in [0.1, 0.15) is 23.7 Å². The van der Waals surface area contributed by atoms with Gasteiger partial charge in [-0.15, -0.1) is 0 Å². The molecule has 0 saturated carbocycles. The molecule has 0 aliphatic rings. The lowest BCUT2D eigenvalue weighted by Gasteiger charge is -2.16. The molecule has 94 valence electrons. The molecular formula is C12H15F2NO2. The summed E-state index contributed by atoms with van der Waals surface area (Å²) in [7, 11) is 3.00. The lowest BCUT2D eigenvalue weighted by Crippen LogP contribution is -2.20. The molecule has 0 saturated heterocycles. The Bertz CT molecular complexity index is 373. The van der Waals surface area contributed by atoms with Crippen LogP contribution >= 0.6 is 0 Å². The van der Waals surface area contributed by atoms with Crippen LogP contribution in [0.3, 0.4) is 0 Å². The predicted molar refractivity (Wildman–Crippen MR) is 60.3 cm³/mol. The van der Waals surface area contributed by atoms with Gasteiger partial charge in [-0.05, 0) is 7.05 Å². The molecule has 0 aliphatic carbocycles. The van der Waals surface area contributed by atoms with E-state index in [0.29, 0.717) is 12.8 Å². The average Bonchev–Trinajstić information content (AvgIpc) is 2.28. The first-order valence-corrected chi connectivity index (χ1v) is 5.25. The summed E-state index contributed by atoms with van der Waals surface area (Å²) in [6.45, 7) is 0.332. The first-order chi connectivity index (χ1) is 8.13. The molecule has 3 nitrogen and oxygen atoms in total. The summed E-state index contributed by atoms with van der Waals surface area (Å²) >= 11 is 0. The third-order valence-corrected chi connectivity index (χ3v) is 2.53. The molecule has 17 heavy (non-hydrogen) atoms. The summed E-state index contributed by atoms with van der Waals surface area (Å²) in [5.41, 5.74) is -0.0766. The molecule has 0 radical (unpaired) electrons. The molecule has 1 unspecified atom stereocenters. The van der Waals surface area contributed by atoms with Gasteiger partial charge in [0.25, 0.3) is 0 Å².